The van der Waals surface area contributed by atoms with Gasteiger partial charge in [-0.05, 0) is 5.56 Å². The minimum absolute atomic E-state index is 0.0471. The summed E-state index contributed by atoms with van der Waals surface area (Å²) in [6.45, 7) is 0.636. The molecule has 1 aromatic carbocycles. The number of hydrogen-bond acceptors (Lipinski definition) is 4. The fourth-order valence-corrected chi connectivity index (χ4v) is 1.97. The van der Waals surface area contributed by atoms with Crippen molar-refractivity contribution in [3.8, 4) is 0 Å². The smallest absolute Gasteiger partial charge is 0.269 e. The number of hydrogen-bond donors (Lipinski definition) is 0. The summed E-state index contributed by atoms with van der Waals surface area (Å²) >= 11 is 0. The lowest BCUT2D eigenvalue weighted by atomic mass is 10.2. The number of likely N-dealkylation sites (N-methyl/N-ethyl adjacent to an activating group) is 1. The summed E-state index contributed by atoms with van der Waals surface area (Å²) in [4.78, 5) is 27.1. The molecule has 0 atom stereocenters. The van der Waals surface area contributed by atoms with Gasteiger partial charge in [0.2, 0.25) is 5.91 Å². The zero-order chi connectivity index (χ0) is 16.1. The van der Waals surface area contributed by atoms with Gasteiger partial charge in [-0.3, -0.25) is 9.59 Å². The first-order chi connectivity index (χ1) is 10.5. The molecule has 6 nitrogen and oxygen atoms in total. The molecular formula is C16H20N4O2. The van der Waals surface area contributed by atoms with Crippen molar-refractivity contribution in [3.05, 3.63) is 58.5 Å². The first kappa shape index (κ1) is 15.8. The number of anilines is 1. The summed E-state index contributed by atoms with van der Waals surface area (Å²) in [6, 6.07) is 11.5. The van der Waals surface area contributed by atoms with E-state index in [0.717, 1.165) is 11.3 Å². The molecule has 0 aliphatic carbocycles. The molecular weight excluding hydrogens is 280 g/mol. The molecule has 0 radical (unpaired) electrons. The summed E-state index contributed by atoms with van der Waals surface area (Å²) in [5, 5.41) is 4.08. The van der Waals surface area contributed by atoms with E-state index >= 15 is 0 Å². The van der Waals surface area contributed by atoms with E-state index in [2.05, 4.69) is 5.10 Å². The van der Waals surface area contributed by atoms with Crippen LogP contribution in [0, 0.1) is 0 Å². The predicted octanol–water partition coefficient (Wildman–Crippen LogP) is 0.968. The molecule has 0 spiro atoms. The van der Waals surface area contributed by atoms with Crippen LogP contribution in [-0.2, 0) is 17.9 Å². The van der Waals surface area contributed by atoms with Crippen LogP contribution in [0.4, 0.5) is 5.69 Å². The van der Waals surface area contributed by atoms with Gasteiger partial charge in [0.25, 0.3) is 5.56 Å². The fraction of sp³-hybridized carbons (Fsp3) is 0.312. The van der Waals surface area contributed by atoms with Gasteiger partial charge in [-0.2, -0.15) is 5.10 Å². The fourth-order valence-electron chi connectivity index (χ4n) is 1.97. The van der Waals surface area contributed by atoms with Crippen molar-refractivity contribution in [2.75, 3.05) is 26.0 Å². The van der Waals surface area contributed by atoms with Gasteiger partial charge < -0.3 is 9.80 Å². The molecule has 0 aliphatic rings. The van der Waals surface area contributed by atoms with Crippen molar-refractivity contribution >= 4 is 11.6 Å². The molecule has 2 rings (SSSR count). The number of nitrogens with zero attached hydrogens (tertiary/aromatic N) is 4. The molecule has 1 amide bonds. The van der Waals surface area contributed by atoms with Crippen molar-refractivity contribution in [1.82, 2.24) is 14.7 Å². The normalized spacial score (nSPS) is 10.3. The average Bonchev–Trinajstić information content (AvgIpc) is 2.50. The van der Waals surface area contributed by atoms with Gasteiger partial charge in [-0.15, -0.1) is 0 Å². The molecule has 0 saturated heterocycles. The van der Waals surface area contributed by atoms with Crippen molar-refractivity contribution in [3.63, 3.8) is 0 Å². The molecule has 0 bridgehead atoms. The Kier molecular flexibility index (Phi) is 4.93. The Bertz CT molecular complexity index is 695. The largest absolute Gasteiger partial charge is 0.369 e. The van der Waals surface area contributed by atoms with E-state index in [1.807, 2.05) is 42.3 Å². The van der Waals surface area contributed by atoms with E-state index in [1.165, 1.54) is 15.6 Å². The van der Waals surface area contributed by atoms with Gasteiger partial charge >= 0.3 is 0 Å². The van der Waals surface area contributed by atoms with Crippen molar-refractivity contribution in [1.29, 1.82) is 0 Å². The highest BCUT2D eigenvalue weighted by atomic mass is 16.2. The third kappa shape index (κ3) is 3.94. The van der Waals surface area contributed by atoms with Crippen molar-refractivity contribution in [2.24, 2.45) is 0 Å². The maximum absolute atomic E-state index is 12.1. The molecule has 1 aromatic heterocycles. The van der Waals surface area contributed by atoms with Crippen LogP contribution in [0.3, 0.4) is 0 Å². The summed E-state index contributed by atoms with van der Waals surface area (Å²) in [5.41, 5.74) is 1.59. The van der Waals surface area contributed by atoms with E-state index in [4.69, 9.17) is 0 Å². The number of amides is 1. The van der Waals surface area contributed by atoms with Crippen LogP contribution >= 0.6 is 0 Å². The van der Waals surface area contributed by atoms with E-state index in [9.17, 15) is 9.59 Å². The highest BCUT2D eigenvalue weighted by molar-refractivity contribution is 5.75. The number of carbonyl (C=O) groups excluding carboxylic acids is 1. The molecule has 1 heterocycles. The Balaban J connectivity index is 2.12. The molecule has 0 unspecified atom stereocenters. The summed E-state index contributed by atoms with van der Waals surface area (Å²) < 4.78 is 1.17. The molecule has 0 aliphatic heterocycles. The van der Waals surface area contributed by atoms with Crippen LogP contribution in [0.5, 0.6) is 0 Å². The Labute approximate surface area is 129 Å². The highest BCUT2D eigenvalue weighted by Gasteiger charge is 2.09. The maximum Gasteiger partial charge on any atom is 0.269 e. The maximum atomic E-state index is 12.1. The monoisotopic (exact) mass is 300 g/mol. The van der Waals surface area contributed by atoms with Gasteiger partial charge in [0.15, 0.2) is 0 Å². The van der Waals surface area contributed by atoms with Crippen LogP contribution in [0.2, 0.25) is 0 Å². The number of carbonyl (C=O) groups is 1. The molecule has 0 N–H and O–H groups in total. The lowest BCUT2D eigenvalue weighted by molar-refractivity contribution is -0.129. The number of rotatable bonds is 5. The van der Waals surface area contributed by atoms with Gasteiger partial charge in [-0.25, -0.2) is 4.68 Å². The Morgan fingerprint density at radius 2 is 1.86 bits per heavy atom. The van der Waals surface area contributed by atoms with E-state index in [0.29, 0.717) is 6.54 Å². The van der Waals surface area contributed by atoms with Crippen LogP contribution < -0.4 is 10.5 Å². The van der Waals surface area contributed by atoms with Gasteiger partial charge in [0.1, 0.15) is 6.54 Å². The van der Waals surface area contributed by atoms with Crippen LogP contribution in [-0.4, -0.2) is 41.7 Å². The van der Waals surface area contributed by atoms with E-state index in [-0.39, 0.29) is 18.0 Å². The van der Waals surface area contributed by atoms with Gasteiger partial charge in [-0.1, -0.05) is 30.3 Å². The average molecular weight is 300 g/mol. The highest BCUT2D eigenvalue weighted by Crippen LogP contribution is 2.11. The van der Waals surface area contributed by atoms with Crippen molar-refractivity contribution in [2.45, 2.75) is 13.1 Å². The Hall–Kier alpha value is -2.63. The topological polar surface area (TPSA) is 58.4 Å². The lowest BCUT2D eigenvalue weighted by Crippen LogP contribution is -2.33. The third-order valence-corrected chi connectivity index (χ3v) is 3.34. The number of benzene rings is 1. The number of aromatic nitrogens is 2. The minimum atomic E-state index is -0.285. The second-order valence-electron chi connectivity index (χ2n) is 5.34. The lowest BCUT2D eigenvalue weighted by Gasteiger charge is -2.19. The van der Waals surface area contributed by atoms with E-state index < -0.39 is 0 Å². The third-order valence-electron chi connectivity index (χ3n) is 3.34. The molecule has 0 saturated carbocycles. The van der Waals surface area contributed by atoms with Gasteiger partial charge in [0, 0.05) is 33.8 Å². The second kappa shape index (κ2) is 6.89. The standard InChI is InChI=1S/C16H20N4O2/c1-18(2)16(22)12-20-15(21)9-14(10-17-20)19(3)11-13-7-5-4-6-8-13/h4-10H,11-12H2,1-3H3. The zero-order valence-electron chi connectivity index (χ0n) is 13.1. The predicted molar refractivity (Wildman–Crippen MR) is 85.7 cm³/mol. The molecule has 116 valence electrons. The zero-order valence-corrected chi connectivity index (χ0v) is 13.1. The molecule has 22 heavy (non-hydrogen) atoms. The van der Waals surface area contributed by atoms with Crippen molar-refractivity contribution < 1.29 is 4.79 Å². The molecule has 0 fully saturated rings. The quantitative estimate of drug-likeness (QED) is 0.825. The van der Waals surface area contributed by atoms with Crippen LogP contribution in [0.1, 0.15) is 5.56 Å². The Morgan fingerprint density at radius 1 is 1.18 bits per heavy atom. The van der Waals surface area contributed by atoms with E-state index in [1.54, 1.807) is 20.3 Å². The SMILES string of the molecule is CN(C)C(=O)Cn1ncc(N(C)Cc2ccccc2)cc1=O. The summed E-state index contributed by atoms with van der Waals surface area (Å²) in [5.74, 6) is -0.167. The Morgan fingerprint density at radius 3 is 2.45 bits per heavy atom. The molecule has 2 aromatic rings. The summed E-state index contributed by atoms with van der Waals surface area (Å²) in [7, 11) is 5.20. The first-order valence-electron chi connectivity index (χ1n) is 7.00. The second-order valence-corrected chi connectivity index (χ2v) is 5.34. The van der Waals surface area contributed by atoms with Gasteiger partial charge in [0.05, 0.1) is 11.9 Å². The van der Waals surface area contributed by atoms with Crippen LogP contribution in [0.25, 0.3) is 0 Å². The van der Waals surface area contributed by atoms with Crippen LogP contribution in [0.15, 0.2) is 47.4 Å². The summed E-state index contributed by atoms with van der Waals surface area (Å²) in [6.07, 6.45) is 1.60. The molecule has 6 heteroatoms. The first-order valence-corrected chi connectivity index (χ1v) is 7.00. The minimum Gasteiger partial charge on any atom is -0.369 e.